The van der Waals surface area contributed by atoms with Gasteiger partial charge in [-0.3, -0.25) is 13.9 Å². The van der Waals surface area contributed by atoms with Crippen LogP contribution in [0.3, 0.4) is 0 Å². The topological polar surface area (TPSA) is 112 Å². The molecule has 0 saturated carbocycles. The number of halogens is 1. The molecule has 0 fully saturated rings. The molecule has 0 atom stereocenters. The van der Waals surface area contributed by atoms with Crippen molar-refractivity contribution in [2.75, 3.05) is 0 Å². The fraction of sp³-hybridized carbons (Fsp3) is 0.409. The zero-order chi connectivity index (χ0) is 22.7. The van der Waals surface area contributed by atoms with Gasteiger partial charge in [-0.25, -0.2) is 4.79 Å². The van der Waals surface area contributed by atoms with Crippen LogP contribution in [0.4, 0.5) is 0 Å². The average molecular weight is 457 g/mol. The van der Waals surface area contributed by atoms with E-state index in [1.54, 1.807) is 0 Å². The van der Waals surface area contributed by atoms with Crippen molar-refractivity contribution in [2.24, 2.45) is 0 Å². The van der Waals surface area contributed by atoms with Gasteiger partial charge < -0.3 is 9.51 Å². The Kier molecular flexibility index (Phi) is 6.55. The van der Waals surface area contributed by atoms with E-state index < -0.39 is 5.56 Å². The van der Waals surface area contributed by atoms with E-state index in [0.717, 1.165) is 30.4 Å². The summed E-state index contributed by atoms with van der Waals surface area (Å²) in [6, 6.07) is 7.81. The Morgan fingerprint density at radius 2 is 1.84 bits per heavy atom. The predicted molar refractivity (Wildman–Crippen MR) is 122 cm³/mol. The number of aromatic nitrogens is 6. The second kappa shape index (κ2) is 9.52. The number of nitrogens with one attached hydrogen (secondary N) is 1. The lowest BCUT2D eigenvalue weighted by molar-refractivity contribution is 0.371. The van der Waals surface area contributed by atoms with E-state index in [1.165, 1.54) is 9.13 Å². The molecule has 3 heterocycles. The number of rotatable bonds is 9. The number of hydrogen-bond donors (Lipinski definition) is 1. The van der Waals surface area contributed by atoms with E-state index in [2.05, 4.69) is 27.0 Å². The molecule has 4 aromatic rings. The number of unbranched alkanes of at least 4 members (excludes halogenated alkanes) is 2. The molecule has 10 heteroatoms. The van der Waals surface area contributed by atoms with E-state index >= 15 is 0 Å². The van der Waals surface area contributed by atoms with Crippen LogP contribution in [0.1, 0.15) is 44.1 Å². The monoisotopic (exact) mass is 456 g/mol. The molecule has 0 saturated heterocycles. The van der Waals surface area contributed by atoms with Gasteiger partial charge in [0.25, 0.3) is 5.56 Å². The lowest BCUT2D eigenvalue weighted by Crippen LogP contribution is -2.40. The highest BCUT2D eigenvalue weighted by molar-refractivity contribution is 6.28. The van der Waals surface area contributed by atoms with Crippen molar-refractivity contribution in [1.82, 2.24) is 29.2 Å². The summed E-state index contributed by atoms with van der Waals surface area (Å²) in [6.07, 6.45) is 3.76. The molecule has 0 radical (unpaired) electrons. The Bertz CT molecular complexity index is 1350. The van der Waals surface area contributed by atoms with Gasteiger partial charge in [-0.05, 0) is 36.9 Å². The Morgan fingerprint density at radius 1 is 1.06 bits per heavy atom. The van der Waals surface area contributed by atoms with Crippen molar-refractivity contribution in [3.8, 4) is 11.4 Å². The fourth-order valence-corrected chi connectivity index (χ4v) is 3.91. The molecule has 3 aromatic heterocycles. The second-order valence-electron chi connectivity index (χ2n) is 7.75. The summed E-state index contributed by atoms with van der Waals surface area (Å²) in [6.45, 7) is 4.78. The molecule has 0 bridgehead atoms. The molecule has 0 spiro atoms. The quantitative estimate of drug-likeness (QED) is 0.303. The van der Waals surface area contributed by atoms with Crippen LogP contribution in [0.25, 0.3) is 22.6 Å². The van der Waals surface area contributed by atoms with Crippen LogP contribution in [-0.4, -0.2) is 29.2 Å². The van der Waals surface area contributed by atoms with Crippen LogP contribution in [0, 0.1) is 6.92 Å². The third-order valence-electron chi connectivity index (χ3n) is 5.44. The van der Waals surface area contributed by atoms with Crippen LogP contribution in [0.2, 0.25) is 5.28 Å². The molecule has 32 heavy (non-hydrogen) atoms. The molecule has 168 valence electrons. The van der Waals surface area contributed by atoms with Crippen molar-refractivity contribution in [1.29, 1.82) is 0 Å². The first-order valence-electron chi connectivity index (χ1n) is 10.8. The maximum atomic E-state index is 13.1. The normalized spacial score (nSPS) is 11.5. The number of nitrogens with zero attached hydrogens (tertiary/aromatic N) is 5. The maximum Gasteiger partial charge on any atom is 0.332 e. The molecule has 0 aliphatic rings. The smallest absolute Gasteiger partial charge is 0.332 e. The van der Waals surface area contributed by atoms with Gasteiger partial charge in [0.15, 0.2) is 11.2 Å². The summed E-state index contributed by atoms with van der Waals surface area (Å²) in [5.41, 5.74) is 1.70. The summed E-state index contributed by atoms with van der Waals surface area (Å²) in [4.78, 5) is 37.3. The third-order valence-corrected chi connectivity index (χ3v) is 5.62. The summed E-state index contributed by atoms with van der Waals surface area (Å²) < 4.78 is 8.12. The lowest BCUT2D eigenvalue weighted by Gasteiger charge is -2.10. The minimum atomic E-state index is -0.428. The van der Waals surface area contributed by atoms with E-state index in [1.807, 2.05) is 31.2 Å². The Hall–Kier alpha value is -3.20. The minimum Gasteiger partial charge on any atom is -0.339 e. The highest BCUT2D eigenvalue weighted by Gasteiger charge is 2.17. The van der Waals surface area contributed by atoms with Crippen LogP contribution < -0.4 is 11.2 Å². The molecule has 0 amide bonds. The Balaban J connectivity index is 1.54. The first-order valence-corrected chi connectivity index (χ1v) is 11.1. The second-order valence-corrected chi connectivity index (χ2v) is 8.11. The van der Waals surface area contributed by atoms with Gasteiger partial charge in [0.2, 0.25) is 17.0 Å². The van der Waals surface area contributed by atoms with Crippen molar-refractivity contribution in [3.63, 3.8) is 0 Å². The highest BCUT2D eigenvalue weighted by atomic mass is 35.5. The Labute approximate surface area is 189 Å². The van der Waals surface area contributed by atoms with Crippen LogP contribution in [-0.2, 0) is 19.5 Å². The van der Waals surface area contributed by atoms with Gasteiger partial charge in [0, 0.05) is 25.1 Å². The van der Waals surface area contributed by atoms with Gasteiger partial charge >= 0.3 is 5.69 Å². The molecular formula is C22H25ClN6O3. The predicted octanol–water partition coefficient (Wildman–Crippen LogP) is 3.72. The zero-order valence-corrected chi connectivity index (χ0v) is 18.9. The van der Waals surface area contributed by atoms with Crippen molar-refractivity contribution < 1.29 is 4.52 Å². The van der Waals surface area contributed by atoms with E-state index in [-0.39, 0.29) is 23.0 Å². The van der Waals surface area contributed by atoms with Crippen molar-refractivity contribution >= 4 is 22.8 Å². The van der Waals surface area contributed by atoms with Crippen LogP contribution in [0.5, 0.6) is 0 Å². The van der Waals surface area contributed by atoms with Crippen LogP contribution in [0.15, 0.2) is 38.4 Å². The van der Waals surface area contributed by atoms with Crippen LogP contribution >= 0.6 is 11.6 Å². The number of benzene rings is 1. The summed E-state index contributed by atoms with van der Waals surface area (Å²) in [5, 5.41) is 4.15. The zero-order valence-electron chi connectivity index (χ0n) is 18.1. The molecule has 1 aromatic carbocycles. The number of H-pyrrole nitrogens is 1. The SMILES string of the molecule is CCCCCn1c(=O)n(CCCc2nc(-c3ccccc3C)no2)c(=O)c2[nH]c(Cl)nc21. The molecular weight excluding hydrogens is 432 g/mol. The lowest BCUT2D eigenvalue weighted by atomic mass is 10.1. The molecule has 1 N–H and O–H groups in total. The molecule has 0 aliphatic heterocycles. The number of aryl methyl sites for hydroxylation is 3. The molecule has 9 nitrogen and oxygen atoms in total. The average Bonchev–Trinajstić information content (AvgIpc) is 3.40. The maximum absolute atomic E-state index is 13.1. The van der Waals surface area contributed by atoms with Gasteiger partial charge in [-0.2, -0.15) is 9.97 Å². The highest BCUT2D eigenvalue weighted by Crippen LogP contribution is 2.20. The number of imidazole rings is 1. The summed E-state index contributed by atoms with van der Waals surface area (Å²) in [5.74, 6) is 0.993. The summed E-state index contributed by atoms with van der Waals surface area (Å²) >= 11 is 5.98. The van der Waals surface area contributed by atoms with E-state index in [9.17, 15) is 9.59 Å². The number of hydrogen-bond acceptors (Lipinski definition) is 6. The van der Waals surface area contributed by atoms with Gasteiger partial charge in [-0.15, -0.1) is 0 Å². The first kappa shape index (κ1) is 22.0. The van der Waals surface area contributed by atoms with E-state index in [0.29, 0.717) is 36.7 Å². The van der Waals surface area contributed by atoms with Crippen molar-refractivity contribution in [3.05, 3.63) is 61.8 Å². The molecule has 0 aliphatic carbocycles. The number of aromatic amines is 1. The minimum absolute atomic E-state index is 0.0908. The summed E-state index contributed by atoms with van der Waals surface area (Å²) in [7, 11) is 0. The van der Waals surface area contributed by atoms with E-state index in [4.69, 9.17) is 16.1 Å². The van der Waals surface area contributed by atoms with Gasteiger partial charge in [0.05, 0.1) is 0 Å². The Morgan fingerprint density at radius 3 is 2.62 bits per heavy atom. The first-order chi connectivity index (χ1) is 15.5. The fourth-order valence-electron chi connectivity index (χ4n) is 3.74. The largest absolute Gasteiger partial charge is 0.339 e. The van der Waals surface area contributed by atoms with Crippen molar-refractivity contribution in [2.45, 2.75) is 59.0 Å². The standard InChI is InChI=1S/C22H25ClN6O3/c1-3-4-7-12-28-19-17(25-21(23)26-19)20(30)29(22(28)31)13-8-11-16-24-18(27-32-16)15-10-6-5-9-14(15)2/h5-6,9-10H,3-4,7-8,11-13H2,1-2H3,(H,25,26). The molecule has 0 unspecified atom stereocenters. The third kappa shape index (κ3) is 4.38. The van der Waals surface area contributed by atoms with Gasteiger partial charge in [0.1, 0.15) is 0 Å². The van der Waals surface area contributed by atoms with Gasteiger partial charge in [-0.1, -0.05) is 49.2 Å². The molecule has 4 rings (SSSR count). The number of fused-ring (bicyclic) bond motifs is 1.